The fourth-order valence-corrected chi connectivity index (χ4v) is 3.60. The van der Waals surface area contributed by atoms with Gasteiger partial charge in [-0.3, -0.25) is 0 Å². The number of nitrogens with zero attached hydrogens (tertiary/aromatic N) is 3. The predicted molar refractivity (Wildman–Crippen MR) is 127 cm³/mol. The molecule has 1 aliphatic heterocycles. The Kier molecular flexibility index (Phi) is 9.06. The Balaban J connectivity index is 0.00000261. The van der Waals surface area contributed by atoms with Crippen LogP contribution in [0, 0.1) is 6.92 Å². The van der Waals surface area contributed by atoms with Crippen LogP contribution in [0.5, 0.6) is 0 Å². The molecule has 2 aromatic rings. The lowest BCUT2D eigenvalue weighted by molar-refractivity contribution is 0.796. The highest BCUT2D eigenvalue weighted by atomic mass is 127. The summed E-state index contributed by atoms with van der Waals surface area (Å²) in [5.41, 5.74) is 2.49. The number of hydrogen-bond acceptors (Lipinski definition) is 4. The summed E-state index contributed by atoms with van der Waals surface area (Å²) >= 11 is 1.75. The van der Waals surface area contributed by atoms with Crippen molar-refractivity contribution in [2.45, 2.75) is 26.8 Å². The van der Waals surface area contributed by atoms with Gasteiger partial charge in [-0.15, -0.1) is 35.3 Å². The first-order valence-electron chi connectivity index (χ1n) is 9.17. The van der Waals surface area contributed by atoms with Gasteiger partial charge in [-0.25, -0.2) is 9.98 Å². The van der Waals surface area contributed by atoms with Crippen LogP contribution in [-0.2, 0) is 13.0 Å². The second-order valence-electron chi connectivity index (χ2n) is 6.28. The third kappa shape index (κ3) is 6.80. The first kappa shape index (κ1) is 21.7. The summed E-state index contributed by atoms with van der Waals surface area (Å²) in [5, 5.41) is 7.86. The van der Waals surface area contributed by atoms with E-state index < -0.39 is 0 Å². The van der Waals surface area contributed by atoms with Gasteiger partial charge in [0.15, 0.2) is 5.96 Å². The Hall–Kier alpha value is -1.61. The van der Waals surface area contributed by atoms with Gasteiger partial charge in [0.1, 0.15) is 0 Å². The van der Waals surface area contributed by atoms with Crippen molar-refractivity contribution in [2.75, 3.05) is 31.1 Å². The van der Waals surface area contributed by atoms with E-state index in [2.05, 4.69) is 70.8 Å². The smallest absolute Gasteiger partial charge is 0.191 e. The number of aryl methyl sites for hydroxylation is 1. The summed E-state index contributed by atoms with van der Waals surface area (Å²) in [6.45, 7) is 8.54. The molecule has 1 aromatic carbocycles. The highest BCUT2D eigenvalue weighted by Crippen LogP contribution is 2.18. The van der Waals surface area contributed by atoms with Crippen molar-refractivity contribution in [1.29, 1.82) is 0 Å². The molecule has 0 amide bonds. The number of benzene rings is 1. The van der Waals surface area contributed by atoms with E-state index in [1.54, 1.807) is 11.3 Å². The molecule has 3 rings (SSSR count). The second kappa shape index (κ2) is 11.3. The molecule has 5 nitrogen and oxygen atoms in total. The quantitative estimate of drug-likeness (QED) is 0.265. The van der Waals surface area contributed by atoms with Crippen LogP contribution >= 0.6 is 35.3 Å². The lowest BCUT2D eigenvalue weighted by Crippen LogP contribution is -2.38. The number of halogens is 1. The van der Waals surface area contributed by atoms with Crippen LogP contribution in [-0.4, -0.2) is 37.1 Å². The number of rotatable bonds is 7. The minimum absolute atomic E-state index is 0. The van der Waals surface area contributed by atoms with Crippen LogP contribution in [0.25, 0.3) is 0 Å². The van der Waals surface area contributed by atoms with E-state index in [0.717, 1.165) is 43.6 Å². The maximum atomic E-state index is 4.70. The molecule has 0 bridgehead atoms. The molecule has 0 unspecified atom stereocenters. The Bertz CT molecular complexity index is 746. The van der Waals surface area contributed by atoms with Crippen molar-refractivity contribution >= 4 is 47.0 Å². The lowest BCUT2D eigenvalue weighted by atomic mass is 10.2. The number of guanidine groups is 1. The maximum Gasteiger partial charge on any atom is 0.191 e. The predicted octanol–water partition coefficient (Wildman–Crippen LogP) is 3.74. The van der Waals surface area contributed by atoms with Crippen molar-refractivity contribution in [3.63, 3.8) is 0 Å². The van der Waals surface area contributed by atoms with Crippen molar-refractivity contribution in [3.05, 3.63) is 58.1 Å². The topological polar surface area (TPSA) is 52.6 Å². The molecule has 1 aromatic heterocycles. The standard InChI is InChI=1S/C20H27N5S.HI/c1-3-21-20(22-11-10-19-23-14-16(2)26-19)24-15-17-6-8-18(9-7-17)25-12-4-5-13-25;/h4-9,14H,3,10-13,15H2,1-2H3,(H2,21,22,24);1H. The van der Waals surface area contributed by atoms with Gasteiger partial charge < -0.3 is 15.5 Å². The zero-order valence-corrected chi connectivity index (χ0v) is 19.1. The fourth-order valence-electron chi connectivity index (χ4n) is 2.82. The van der Waals surface area contributed by atoms with Gasteiger partial charge in [-0.2, -0.15) is 0 Å². The second-order valence-corrected chi connectivity index (χ2v) is 7.60. The molecule has 0 aliphatic carbocycles. The zero-order valence-electron chi connectivity index (χ0n) is 15.9. The van der Waals surface area contributed by atoms with Gasteiger partial charge in [0.2, 0.25) is 0 Å². The maximum absolute atomic E-state index is 4.70. The van der Waals surface area contributed by atoms with Gasteiger partial charge in [0.05, 0.1) is 11.6 Å². The highest BCUT2D eigenvalue weighted by Gasteiger charge is 2.07. The van der Waals surface area contributed by atoms with Crippen LogP contribution in [0.15, 0.2) is 47.6 Å². The average molecular weight is 497 g/mol. The molecular formula is C20H28IN5S. The van der Waals surface area contributed by atoms with Gasteiger partial charge in [-0.05, 0) is 31.5 Å². The van der Waals surface area contributed by atoms with Gasteiger partial charge in [0.25, 0.3) is 0 Å². The van der Waals surface area contributed by atoms with Crippen molar-refractivity contribution < 1.29 is 0 Å². The Labute approximate surface area is 183 Å². The van der Waals surface area contributed by atoms with Gasteiger partial charge >= 0.3 is 0 Å². The molecule has 0 saturated carbocycles. The monoisotopic (exact) mass is 497 g/mol. The summed E-state index contributed by atoms with van der Waals surface area (Å²) in [6, 6.07) is 8.70. The Morgan fingerprint density at radius 3 is 2.56 bits per heavy atom. The molecule has 7 heteroatoms. The molecule has 0 atom stereocenters. The summed E-state index contributed by atoms with van der Waals surface area (Å²) in [4.78, 5) is 12.7. The third-order valence-corrected chi connectivity index (χ3v) is 5.16. The average Bonchev–Trinajstić information content (AvgIpc) is 3.32. The molecule has 2 N–H and O–H groups in total. The molecule has 0 saturated heterocycles. The normalized spacial score (nSPS) is 13.6. The van der Waals surface area contributed by atoms with Gasteiger partial charge in [-0.1, -0.05) is 24.3 Å². The van der Waals surface area contributed by atoms with Crippen LogP contribution in [0.1, 0.15) is 22.4 Å². The molecule has 146 valence electrons. The number of nitrogens with one attached hydrogen (secondary N) is 2. The molecular weight excluding hydrogens is 469 g/mol. The molecule has 27 heavy (non-hydrogen) atoms. The molecule has 0 radical (unpaired) electrons. The van der Waals surface area contributed by atoms with Crippen LogP contribution < -0.4 is 15.5 Å². The van der Waals surface area contributed by atoms with Crippen molar-refractivity contribution in [3.8, 4) is 0 Å². The molecule has 2 heterocycles. The first-order chi connectivity index (χ1) is 12.7. The van der Waals surface area contributed by atoms with Crippen LogP contribution in [0.2, 0.25) is 0 Å². The van der Waals surface area contributed by atoms with E-state index in [1.165, 1.54) is 16.1 Å². The van der Waals surface area contributed by atoms with E-state index in [0.29, 0.717) is 6.54 Å². The number of aliphatic imine (C=N–C) groups is 1. The summed E-state index contributed by atoms with van der Waals surface area (Å²) < 4.78 is 0. The van der Waals surface area contributed by atoms with Crippen LogP contribution in [0.4, 0.5) is 5.69 Å². The number of hydrogen-bond donors (Lipinski definition) is 2. The number of anilines is 1. The lowest BCUT2D eigenvalue weighted by Gasteiger charge is -2.17. The molecule has 0 fully saturated rings. The van der Waals surface area contributed by atoms with E-state index in [4.69, 9.17) is 4.99 Å². The third-order valence-electron chi connectivity index (χ3n) is 4.18. The summed E-state index contributed by atoms with van der Waals surface area (Å²) in [5.74, 6) is 0.855. The van der Waals surface area contributed by atoms with E-state index in [-0.39, 0.29) is 24.0 Å². The summed E-state index contributed by atoms with van der Waals surface area (Å²) in [7, 11) is 0. The largest absolute Gasteiger partial charge is 0.364 e. The summed E-state index contributed by atoms with van der Waals surface area (Å²) in [6.07, 6.45) is 7.27. The van der Waals surface area contributed by atoms with E-state index in [9.17, 15) is 0 Å². The SMILES string of the molecule is CCNC(=NCc1ccc(N2CC=CC2)cc1)NCCc1ncc(C)s1.I. The molecule has 1 aliphatic rings. The number of aromatic nitrogens is 1. The van der Waals surface area contributed by atoms with E-state index in [1.807, 2.05) is 6.20 Å². The fraction of sp³-hybridized carbons (Fsp3) is 0.400. The minimum Gasteiger partial charge on any atom is -0.364 e. The Morgan fingerprint density at radius 2 is 1.93 bits per heavy atom. The minimum atomic E-state index is 0. The van der Waals surface area contributed by atoms with Crippen molar-refractivity contribution in [1.82, 2.24) is 15.6 Å². The highest BCUT2D eigenvalue weighted by molar-refractivity contribution is 14.0. The first-order valence-corrected chi connectivity index (χ1v) is 9.98. The van der Waals surface area contributed by atoms with Crippen LogP contribution in [0.3, 0.4) is 0 Å². The van der Waals surface area contributed by atoms with E-state index >= 15 is 0 Å². The van der Waals surface area contributed by atoms with Gasteiger partial charge in [0, 0.05) is 49.4 Å². The Morgan fingerprint density at radius 1 is 1.19 bits per heavy atom. The molecule has 0 spiro atoms. The zero-order chi connectivity index (χ0) is 18.2. The number of thiazole rings is 1. The van der Waals surface area contributed by atoms with Crippen molar-refractivity contribution in [2.24, 2.45) is 4.99 Å².